The van der Waals surface area contributed by atoms with Crippen LogP contribution >= 0.6 is 15.9 Å². The highest BCUT2D eigenvalue weighted by Crippen LogP contribution is 2.32. The maximum atomic E-state index is 12.7. The minimum absolute atomic E-state index is 0.0663. The molecule has 0 radical (unpaired) electrons. The molecule has 0 amide bonds. The Kier molecular flexibility index (Phi) is 6.20. The molecule has 0 bridgehead atoms. The normalized spacial score (nSPS) is 19.0. The highest BCUT2D eigenvalue weighted by atomic mass is 79.9. The number of hydrogen-bond acceptors (Lipinski definition) is 8. The fourth-order valence-electron chi connectivity index (χ4n) is 4.22. The summed E-state index contributed by atoms with van der Waals surface area (Å²) in [6.45, 7) is 0.731. The van der Waals surface area contributed by atoms with E-state index in [1.54, 1.807) is 6.20 Å². The average Bonchev–Trinajstić information content (AvgIpc) is 3.48. The summed E-state index contributed by atoms with van der Waals surface area (Å²) in [7, 11) is 0. The van der Waals surface area contributed by atoms with Crippen LogP contribution in [0, 0.1) is 0 Å². The quantitative estimate of drug-likeness (QED) is 0.386. The van der Waals surface area contributed by atoms with Gasteiger partial charge in [0.15, 0.2) is 5.82 Å². The molecule has 1 saturated heterocycles. The summed E-state index contributed by atoms with van der Waals surface area (Å²) >= 11 is 3.50. The molecule has 1 unspecified atom stereocenters. The first-order chi connectivity index (χ1) is 16.5. The molecule has 2 atom stereocenters. The molecule has 0 saturated carbocycles. The summed E-state index contributed by atoms with van der Waals surface area (Å²) in [6.07, 6.45) is 3.32. The van der Waals surface area contributed by atoms with Crippen molar-refractivity contribution in [2.45, 2.75) is 37.8 Å². The van der Waals surface area contributed by atoms with Crippen LogP contribution in [-0.4, -0.2) is 50.0 Å². The number of aliphatic imine (C=N–C) groups is 1. The van der Waals surface area contributed by atoms with Crippen LogP contribution < -0.4 is 11.0 Å². The molecule has 2 aromatic heterocycles. The molecular formula is C23H21BrN6O4. The van der Waals surface area contributed by atoms with Crippen molar-refractivity contribution in [1.82, 2.24) is 25.1 Å². The van der Waals surface area contributed by atoms with E-state index >= 15 is 0 Å². The van der Waals surface area contributed by atoms with Crippen LogP contribution in [0.15, 0.2) is 56.9 Å². The summed E-state index contributed by atoms with van der Waals surface area (Å²) in [5.74, 6) is -0.826. The third-order valence-electron chi connectivity index (χ3n) is 5.82. The van der Waals surface area contributed by atoms with E-state index in [-0.39, 0.29) is 12.8 Å². The Bertz CT molecular complexity index is 1330. The second-order valence-electron chi connectivity index (χ2n) is 8.07. The van der Waals surface area contributed by atoms with Crippen molar-refractivity contribution < 1.29 is 14.3 Å². The third kappa shape index (κ3) is 4.36. The standard InChI is InChI=1S/C23H21BrN6O4/c24-13-6-8-18-14(12-13)20(15-4-1-2-10-25-15)27-16(21-28-29-23(33)30(18)21)7-9-19(31)34-22(32)17-5-3-11-26-17/h1-2,4,6,8,10,12,16-17,26H,3,5,7,9,11H2,(H,29,33)/t16-,17?/m0/s1. The predicted molar refractivity (Wildman–Crippen MR) is 126 cm³/mol. The maximum Gasteiger partial charge on any atom is 0.348 e. The first-order valence-corrected chi connectivity index (χ1v) is 11.8. The van der Waals surface area contributed by atoms with Gasteiger partial charge in [0.2, 0.25) is 0 Å². The van der Waals surface area contributed by atoms with Crippen molar-refractivity contribution in [3.63, 3.8) is 0 Å². The summed E-state index contributed by atoms with van der Waals surface area (Å²) in [5.41, 5.74) is 2.09. The number of rotatable bonds is 5. The van der Waals surface area contributed by atoms with Gasteiger partial charge in [-0.25, -0.2) is 19.3 Å². The lowest BCUT2D eigenvalue weighted by atomic mass is 10.0. The number of fused-ring (bicyclic) bond motifs is 3. The number of ether oxygens (including phenoxy) is 1. The largest absolute Gasteiger partial charge is 0.392 e. The van der Waals surface area contributed by atoms with Crippen molar-refractivity contribution in [3.05, 3.63) is 74.6 Å². The first-order valence-electron chi connectivity index (χ1n) is 11.0. The van der Waals surface area contributed by atoms with Crippen LogP contribution in [0.4, 0.5) is 0 Å². The zero-order valence-electron chi connectivity index (χ0n) is 18.0. The number of pyridine rings is 1. The second kappa shape index (κ2) is 9.43. The summed E-state index contributed by atoms with van der Waals surface area (Å²) in [6, 6.07) is 9.92. The third-order valence-corrected chi connectivity index (χ3v) is 6.32. The lowest BCUT2D eigenvalue weighted by molar-refractivity contribution is -0.161. The predicted octanol–water partition coefficient (Wildman–Crippen LogP) is 2.21. The summed E-state index contributed by atoms with van der Waals surface area (Å²) in [4.78, 5) is 46.7. The Morgan fingerprint density at radius 3 is 2.88 bits per heavy atom. The number of carbonyl (C=O) groups excluding carboxylic acids is 2. The van der Waals surface area contributed by atoms with E-state index in [0.717, 1.165) is 17.4 Å². The van der Waals surface area contributed by atoms with Crippen molar-refractivity contribution in [1.29, 1.82) is 0 Å². The molecule has 3 aromatic rings. The zero-order chi connectivity index (χ0) is 23.7. The monoisotopic (exact) mass is 524 g/mol. The Morgan fingerprint density at radius 2 is 2.12 bits per heavy atom. The van der Waals surface area contributed by atoms with E-state index < -0.39 is 29.7 Å². The lowest BCUT2D eigenvalue weighted by Gasteiger charge is -2.12. The van der Waals surface area contributed by atoms with E-state index in [4.69, 9.17) is 9.73 Å². The number of halogens is 1. The molecule has 11 heteroatoms. The van der Waals surface area contributed by atoms with E-state index in [0.29, 0.717) is 34.9 Å². The molecule has 2 N–H and O–H groups in total. The van der Waals surface area contributed by atoms with Gasteiger partial charge in [-0.1, -0.05) is 22.0 Å². The van der Waals surface area contributed by atoms with Crippen LogP contribution in [0.25, 0.3) is 5.69 Å². The van der Waals surface area contributed by atoms with Crippen LogP contribution in [-0.2, 0) is 14.3 Å². The Balaban J connectivity index is 1.49. The topological polar surface area (TPSA) is 131 Å². The van der Waals surface area contributed by atoms with Crippen molar-refractivity contribution in [3.8, 4) is 5.69 Å². The molecule has 10 nitrogen and oxygen atoms in total. The maximum absolute atomic E-state index is 12.7. The van der Waals surface area contributed by atoms with Crippen molar-refractivity contribution in [2.24, 2.45) is 4.99 Å². The number of carbonyl (C=O) groups is 2. The molecule has 1 fully saturated rings. The Hall–Kier alpha value is -3.44. The zero-order valence-corrected chi connectivity index (χ0v) is 19.6. The van der Waals surface area contributed by atoms with Gasteiger partial charge in [0.05, 0.1) is 17.1 Å². The molecule has 4 heterocycles. The summed E-state index contributed by atoms with van der Waals surface area (Å²) in [5, 5.41) is 9.71. The van der Waals surface area contributed by atoms with Gasteiger partial charge in [-0.3, -0.25) is 14.8 Å². The highest BCUT2D eigenvalue weighted by Gasteiger charge is 2.30. The van der Waals surface area contributed by atoms with Crippen LogP contribution in [0.5, 0.6) is 0 Å². The van der Waals surface area contributed by atoms with Gasteiger partial charge in [-0.05, 0) is 56.1 Å². The molecule has 0 aliphatic carbocycles. The van der Waals surface area contributed by atoms with Gasteiger partial charge >= 0.3 is 17.6 Å². The number of benzene rings is 1. The summed E-state index contributed by atoms with van der Waals surface area (Å²) < 4.78 is 7.31. The molecular weight excluding hydrogens is 504 g/mol. The lowest BCUT2D eigenvalue weighted by Crippen LogP contribution is -2.33. The van der Waals surface area contributed by atoms with Crippen molar-refractivity contribution in [2.75, 3.05) is 6.54 Å². The van der Waals surface area contributed by atoms with Gasteiger partial charge in [0.25, 0.3) is 0 Å². The Labute approximate surface area is 202 Å². The van der Waals surface area contributed by atoms with Crippen LogP contribution in [0.1, 0.15) is 48.8 Å². The van der Waals surface area contributed by atoms with Gasteiger partial charge in [0.1, 0.15) is 12.1 Å². The highest BCUT2D eigenvalue weighted by molar-refractivity contribution is 9.10. The van der Waals surface area contributed by atoms with Gasteiger partial charge in [0, 0.05) is 22.7 Å². The molecule has 174 valence electrons. The number of H-pyrrole nitrogens is 1. The number of aromatic nitrogens is 4. The number of hydrogen-bond donors (Lipinski definition) is 2. The van der Waals surface area contributed by atoms with Crippen molar-refractivity contribution >= 4 is 33.6 Å². The minimum atomic E-state index is -0.644. The van der Waals surface area contributed by atoms with Gasteiger partial charge in [-0.2, -0.15) is 5.10 Å². The van der Waals surface area contributed by atoms with E-state index in [9.17, 15) is 14.4 Å². The van der Waals surface area contributed by atoms with Gasteiger partial charge < -0.3 is 10.1 Å². The first kappa shape index (κ1) is 22.4. The number of nitrogens with one attached hydrogen (secondary N) is 2. The van der Waals surface area contributed by atoms with Gasteiger partial charge in [-0.15, -0.1) is 0 Å². The van der Waals surface area contributed by atoms with Crippen LogP contribution in [0.2, 0.25) is 0 Å². The smallest absolute Gasteiger partial charge is 0.348 e. The Morgan fingerprint density at radius 1 is 1.24 bits per heavy atom. The van der Waals surface area contributed by atoms with Crippen LogP contribution in [0.3, 0.4) is 0 Å². The molecule has 1 aromatic carbocycles. The molecule has 34 heavy (non-hydrogen) atoms. The fourth-order valence-corrected chi connectivity index (χ4v) is 4.58. The average molecular weight is 525 g/mol. The number of nitrogens with zero attached hydrogens (tertiary/aromatic N) is 4. The fraction of sp³-hybridized carbons (Fsp3) is 0.304. The number of aromatic amines is 1. The molecule has 5 rings (SSSR count). The number of esters is 2. The van der Waals surface area contributed by atoms with E-state index in [2.05, 4.69) is 36.4 Å². The SMILES string of the molecule is O=C(CC[C@@H]1N=C(c2ccccn2)c2cc(Br)ccc2-n2c1n[nH]c2=O)OC(=O)C1CCCN1. The van der Waals surface area contributed by atoms with E-state index in [1.165, 1.54) is 4.57 Å². The van der Waals surface area contributed by atoms with E-state index in [1.807, 2.05) is 36.4 Å². The molecule has 2 aliphatic rings. The molecule has 2 aliphatic heterocycles. The molecule has 0 spiro atoms. The second-order valence-corrected chi connectivity index (χ2v) is 8.99. The minimum Gasteiger partial charge on any atom is -0.392 e.